The Bertz CT molecular complexity index is 541. The van der Waals surface area contributed by atoms with Gasteiger partial charge in [0.2, 0.25) is 5.91 Å². The van der Waals surface area contributed by atoms with Crippen molar-refractivity contribution >= 4 is 5.91 Å². The van der Waals surface area contributed by atoms with Crippen molar-refractivity contribution in [2.75, 3.05) is 27.2 Å². The summed E-state index contributed by atoms with van der Waals surface area (Å²) in [7, 11) is 6.19. The molecule has 1 saturated heterocycles. The van der Waals surface area contributed by atoms with Gasteiger partial charge in [-0.05, 0) is 45.3 Å². The summed E-state index contributed by atoms with van der Waals surface area (Å²) in [4.78, 5) is 15.1. The van der Waals surface area contributed by atoms with Crippen LogP contribution in [0.3, 0.4) is 0 Å². The number of carbonyl (C=O) groups excluding carboxylic acids is 1. The number of rotatable bonds is 4. The maximum atomic E-state index is 12.8. The van der Waals surface area contributed by atoms with E-state index in [4.69, 9.17) is 0 Å². The quantitative estimate of drug-likeness (QED) is 0.858. The Morgan fingerprint density at radius 2 is 2.22 bits per heavy atom. The standard InChI is InChI=1S/C17H29N5O/c1-21(2)14-6-4-5-13(7-14)20-17(23)16-10-18-9-15(16)12-8-19-22(3)11-12/h8,11,13-16,18H,4-7,9-10H2,1-3H3,(H,20,23)/t13?,14?,15-,16+/m1/s1. The third-order valence-corrected chi connectivity index (χ3v) is 5.43. The molecule has 6 heteroatoms. The van der Waals surface area contributed by atoms with Gasteiger partial charge in [0.25, 0.3) is 0 Å². The molecule has 1 saturated carbocycles. The van der Waals surface area contributed by atoms with E-state index in [1.165, 1.54) is 12.8 Å². The average Bonchev–Trinajstić information content (AvgIpc) is 3.15. The third-order valence-electron chi connectivity index (χ3n) is 5.43. The monoisotopic (exact) mass is 319 g/mol. The lowest BCUT2D eigenvalue weighted by atomic mass is 9.87. The molecule has 2 aliphatic rings. The molecule has 2 heterocycles. The summed E-state index contributed by atoms with van der Waals surface area (Å²) in [5, 5.41) is 10.9. The lowest BCUT2D eigenvalue weighted by Gasteiger charge is -2.34. The number of hydrogen-bond acceptors (Lipinski definition) is 4. The zero-order valence-corrected chi connectivity index (χ0v) is 14.5. The van der Waals surface area contributed by atoms with E-state index in [0.717, 1.165) is 31.5 Å². The summed E-state index contributed by atoms with van der Waals surface area (Å²) in [6.07, 6.45) is 8.52. The Labute approximate surface area is 138 Å². The molecular weight excluding hydrogens is 290 g/mol. The molecule has 128 valence electrons. The van der Waals surface area contributed by atoms with Crippen LogP contribution in [0.15, 0.2) is 12.4 Å². The Kier molecular flexibility index (Phi) is 5.02. The van der Waals surface area contributed by atoms with Crippen molar-refractivity contribution in [3.8, 4) is 0 Å². The molecule has 0 radical (unpaired) electrons. The van der Waals surface area contributed by atoms with Gasteiger partial charge in [0.1, 0.15) is 0 Å². The maximum Gasteiger partial charge on any atom is 0.225 e. The molecule has 1 aliphatic carbocycles. The van der Waals surface area contributed by atoms with Crippen LogP contribution in [0.4, 0.5) is 0 Å². The number of nitrogens with one attached hydrogen (secondary N) is 2. The first-order valence-electron chi connectivity index (χ1n) is 8.70. The molecule has 4 atom stereocenters. The van der Waals surface area contributed by atoms with Crippen molar-refractivity contribution in [3.63, 3.8) is 0 Å². The highest BCUT2D eigenvalue weighted by atomic mass is 16.2. The fraction of sp³-hybridized carbons (Fsp3) is 0.765. The van der Waals surface area contributed by atoms with Crippen LogP contribution in [0, 0.1) is 5.92 Å². The summed E-state index contributed by atoms with van der Waals surface area (Å²) in [6.45, 7) is 1.62. The smallest absolute Gasteiger partial charge is 0.225 e. The van der Waals surface area contributed by atoms with E-state index >= 15 is 0 Å². The molecule has 2 fully saturated rings. The Balaban J connectivity index is 1.61. The number of carbonyl (C=O) groups is 1. The van der Waals surface area contributed by atoms with Crippen LogP contribution in [-0.4, -0.2) is 59.9 Å². The predicted octanol–water partition coefficient (Wildman–Crippen LogP) is 0.712. The molecule has 1 aromatic rings. The van der Waals surface area contributed by atoms with E-state index in [1.807, 2.05) is 24.1 Å². The van der Waals surface area contributed by atoms with Crippen LogP contribution in [0.25, 0.3) is 0 Å². The topological polar surface area (TPSA) is 62.2 Å². The lowest BCUT2D eigenvalue weighted by molar-refractivity contribution is -0.125. The zero-order chi connectivity index (χ0) is 16.4. The van der Waals surface area contributed by atoms with Crippen LogP contribution in [0.1, 0.15) is 37.2 Å². The predicted molar refractivity (Wildman–Crippen MR) is 90.2 cm³/mol. The van der Waals surface area contributed by atoms with Crippen molar-refractivity contribution < 1.29 is 4.79 Å². The van der Waals surface area contributed by atoms with Gasteiger partial charge in [-0.25, -0.2) is 0 Å². The van der Waals surface area contributed by atoms with Gasteiger partial charge in [0.05, 0.1) is 12.1 Å². The molecule has 0 spiro atoms. The molecule has 3 rings (SSSR count). The van der Waals surface area contributed by atoms with Crippen LogP contribution in [-0.2, 0) is 11.8 Å². The molecule has 1 aromatic heterocycles. The third kappa shape index (κ3) is 3.75. The van der Waals surface area contributed by atoms with Gasteiger partial charge in [-0.1, -0.05) is 0 Å². The summed E-state index contributed by atoms with van der Waals surface area (Å²) < 4.78 is 1.81. The van der Waals surface area contributed by atoms with Crippen molar-refractivity contribution in [3.05, 3.63) is 18.0 Å². The number of nitrogens with zero attached hydrogens (tertiary/aromatic N) is 3. The van der Waals surface area contributed by atoms with Gasteiger partial charge < -0.3 is 15.5 Å². The fourth-order valence-electron chi connectivity index (χ4n) is 4.01. The minimum absolute atomic E-state index is 0.0129. The Morgan fingerprint density at radius 1 is 1.39 bits per heavy atom. The van der Waals surface area contributed by atoms with E-state index in [0.29, 0.717) is 12.1 Å². The number of hydrogen-bond donors (Lipinski definition) is 2. The van der Waals surface area contributed by atoms with Crippen LogP contribution < -0.4 is 10.6 Å². The number of amides is 1. The van der Waals surface area contributed by atoms with Crippen molar-refractivity contribution in [2.24, 2.45) is 13.0 Å². The van der Waals surface area contributed by atoms with Crippen molar-refractivity contribution in [2.45, 2.75) is 43.7 Å². The van der Waals surface area contributed by atoms with Gasteiger partial charge in [0, 0.05) is 44.3 Å². The molecular formula is C17H29N5O. The van der Waals surface area contributed by atoms with E-state index in [2.05, 4.69) is 34.7 Å². The normalized spacial score (nSPS) is 31.5. The van der Waals surface area contributed by atoms with E-state index in [9.17, 15) is 4.79 Å². The molecule has 2 unspecified atom stereocenters. The maximum absolute atomic E-state index is 12.8. The van der Waals surface area contributed by atoms with Crippen molar-refractivity contribution in [1.82, 2.24) is 25.3 Å². The Hall–Kier alpha value is -1.40. The largest absolute Gasteiger partial charge is 0.353 e. The minimum atomic E-state index is 0.0129. The van der Waals surface area contributed by atoms with E-state index < -0.39 is 0 Å². The van der Waals surface area contributed by atoms with Gasteiger partial charge in [-0.15, -0.1) is 0 Å². The summed E-state index contributed by atoms with van der Waals surface area (Å²) in [5.74, 6) is 0.448. The molecule has 1 aliphatic heterocycles. The van der Waals surface area contributed by atoms with E-state index in [-0.39, 0.29) is 17.7 Å². The first kappa shape index (κ1) is 16.5. The second-order valence-electron chi connectivity index (χ2n) is 7.31. The van der Waals surface area contributed by atoms with Crippen molar-refractivity contribution in [1.29, 1.82) is 0 Å². The number of aromatic nitrogens is 2. The molecule has 23 heavy (non-hydrogen) atoms. The highest BCUT2D eigenvalue weighted by Gasteiger charge is 2.36. The highest BCUT2D eigenvalue weighted by molar-refractivity contribution is 5.80. The molecule has 1 amide bonds. The van der Waals surface area contributed by atoms with Crippen LogP contribution in [0.2, 0.25) is 0 Å². The minimum Gasteiger partial charge on any atom is -0.353 e. The molecule has 0 aromatic carbocycles. The van der Waals surface area contributed by atoms with Crippen LogP contribution >= 0.6 is 0 Å². The average molecular weight is 319 g/mol. The van der Waals surface area contributed by atoms with Gasteiger partial charge in [-0.2, -0.15) is 5.10 Å². The van der Waals surface area contributed by atoms with Gasteiger partial charge in [-0.3, -0.25) is 9.48 Å². The SMILES string of the molecule is CN(C)C1CCCC(NC(=O)[C@H]2CNC[C@@H]2c2cnn(C)c2)C1. The van der Waals surface area contributed by atoms with Crippen LogP contribution in [0.5, 0.6) is 0 Å². The summed E-state index contributed by atoms with van der Waals surface area (Å²) in [6, 6.07) is 0.906. The second-order valence-corrected chi connectivity index (χ2v) is 7.31. The molecule has 2 N–H and O–H groups in total. The second kappa shape index (κ2) is 7.01. The molecule has 0 bridgehead atoms. The highest BCUT2D eigenvalue weighted by Crippen LogP contribution is 2.29. The summed E-state index contributed by atoms with van der Waals surface area (Å²) in [5.41, 5.74) is 1.16. The first-order valence-corrected chi connectivity index (χ1v) is 8.70. The fourth-order valence-corrected chi connectivity index (χ4v) is 4.01. The molecule has 6 nitrogen and oxygen atoms in total. The summed E-state index contributed by atoms with van der Waals surface area (Å²) >= 11 is 0. The Morgan fingerprint density at radius 3 is 2.91 bits per heavy atom. The zero-order valence-electron chi connectivity index (χ0n) is 14.5. The van der Waals surface area contributed by atoms with Gasteiger partial charge >= 0.3 is 0 Å². The lowest BCUT2D eigenvalue weighted by Crippen LogP contribution is -2.46. The van der Waals surface area contributed by atoms with Gasteiger partial charge in [0.15, 0.2) is 0 Å². The first-order chi connectivity index (χ1) is 11.0. The van der Waals surface area contributed by atoms with E-state index in [1.54, 1.807) is 0 Å². The number of aryl methyl sites for hydroxylation is 1.